The van der Waals surface area contributed by atoms with Gasteiger partial charge in [-0.3, -0.25) is 4.90 Å². The van der Waals surface area contributed by atoms with Crippen LogP contribution in [0.25, 0.3) is 11.3 Å². The van der Waals surface area contributed by atoms with E-state index < -0.39 is 0 Å². The van der Waals surface area contributed by atoms with Gasteiger partial charge in [-0.05, 0) is 87.4 Å². The maximum atomic E-state index is 10.3. The molecular weight excluding hydrogens is 486 g/mol. The molecular formula is C31H37N7O. The van der Waals surface area contributed by atoms with Crippen molar-refractivity contribution in [3.05, 3.63) is 54.4 Å². The molecule has 3 aromatic rings. The molecule has 3 aliphatic rings. The highest BCUT2D eigenvalue weighted by Gasteiger charge is 2.40. The van der Waals surface area contributed by atoms with Crippen molar-refractivity contribution in [1.82, 2.24) is 20.1 Å². The van der Waals surface area contributed by atoms with Crippen LogP contribution in [0.4, 0.5) is 17.2 Å². The Hall–Kier alpha value is -3.83. The number of para-hydroxylation sites is 1. The van der Waals surface area contributed by atoms with Crippen LogP contribution in [-0.4, -0.2) is 70.0 Å². The average Bonchev–Trinajstić information content (AvgIpc) is 3.07. The first-order valence-corrected chi connectivity index (χ1v) is 14.2. The van der Waals surface area contributed by atoms with E-state index in [0.29, 0.717) is 29.2 Å². The first-order valence-electron chi connectivity index (χ1n) is 14.2. The molecule has 8 nitrogen and oxygen atoms in total. The van der Waals surface area contributed by atoms with E-state index in [0.717, 1.165) is 62.9 Å². The molecule has 0 spiro atoms. The van der Waals surface area contributed by atoms with Gasteiger partial charge in [-0.25, -0.2) is 4.98 Å². The number of nitrogen functional groups attached to an aromatic ring is 1. The van der Waals surface area contributed by atoms with Crippen LogP contribution in [0.5, 0.6) is 5.75 Å². The van der Waals surface area contributed by atoms with Crippen molar-refractivity contribution < 1.29 is 5.11 Å². The molecule has 2 aromatic heterocycles. The lowest BCUT2D eigenvalue weighted by Gasteiger charge is -2.43. The summed E-state index contributed by atoms with van der Waals surface area (Å²) in [6.07, 6.45) is 8.00. The predicted molar refractivity (Wildman–Crippen MR) is 156 cm³/mol. The normalized spacial score (nSPS) is 23.3. The molecule has 8 heteroatoms. The number of rotatable bonds is 4. The molecule has 5 heterocycles. The molecule has 0 amide bonds. The molecule has 39 heavy (non-hydrogen) atoms. The monoisotopic (exact) mass is 523 g/mol. The number of piperazine rings is 1. The van der Waals surface area contributed by atoms with Gasteiger partial charge in [0.2, 0.25) is 0 Å². The Morgan fingerprint density at radius 1 is 1.00 bits per heavy atom. The molecule has 3 saturated heterocycles. The lowest BCUT2D eigenvalue weighted by atomic mass is 10.0. The van der Waals surface area contributed by atoms with E-state index in [1.807, 2.05) is 24.4 Å². The standard InChI is InChI=1S/C31H37N7O/c1-22-6-4-15-36(17-13-22)16-5-7-23-18-24(12-14-33-23)38-25-10-11-26(38)21-37(20-25)29-19-28(34-35-31(29)32)27-8-2-3-9-30(27)39/h2-3,8-9,12,14,18-19,22,25-26,39H,4,6,10-11,13,15-17,20-21H2,1H3,(H2,32,35). The van der Waals surface area contributed by atoms with Crippen molar-refractivity contribution in [3.8, 4) is 28.8 Å². The highest BCUT2D eigenvalue weighted by atomic mass is 16.3. The molecule has 202 valence electrons. The lowest BCUT2D eigenvalue weighted by Crippen LogP contribution is -2.54. The van der Waals surface area contributed by atoms with Gasteiger partial charge in [-0.1, -0.05) is 25.0 Å². The van der Waals surface area contributed by atoms with Crippen LogP contribution in [0.15, 0.2) is 48.7 Å². The van der Waals surface area contributed by atoms with E-state index in [1.54, 1.807) is 12.1 Å². The summed E-state index contributed by atoms with van der Waals surface area (Å²) in [5, 5.41) is 18.8. The van der Waals surface area contributed by atoms with Crippen LogP contribution in [0.1, 0.15) is 44.7 Å². The summed E-state index contributed by atoms with van der Waals surface area (Å²) in [4.78, 5) is 11.9. The maximum Gasteiger partial charge on any atom is 0.169 e. The Morgan fingerprint density at radius 3 is 2.64 bits per heavy atom. The van der Waals surface area contributed by atoms with Gasteiger partial charge in [0.25, 0.3) is 0 Å². The molecule has 1 aromatic carbocycles. The Bertz CT molecular complexity index is 1370. The van der Waals surface area contributed by atoms with Crippen LogP contribution in [0.3, 0.4) is 0 Å². The third-order valence-corrected chi connectivity index (χ3v) is 8.47. The molecule has 6 rings (SSSR count). The minimum Gasteiger partial charge on any atom is -0.507 e. The number of pyridine rings is 1. The second kappa shape index (κ2) is 11.1. The molecule has 3 unspecified atom stereocenters. The quantitative estimate of drug-likeness (QED) is 0.493. The number of anilines is 3. The van der Waals surface area contributed by atoms with Crippen LogP contribution in [-0.2, 0) is 0 Å². The number of hydrogen-bond acceptors (Lipinski definition) is 8. The zero-order valence-electron chi connectivity index (χ0n) is 22.6. The summed E-state index contributed by atoms with van der Waals surface area (Å²) in [6.45, 7) is 7.15. The van der Waals surface area contributed by atoms with Crippen molar-refractivity contribution in [3.63, 3.8) is 0 Å². The molecule has 3 N–H and O–H groups in total. The minimum absolute atomic E-state index is 0.185. The van der Waals surface area contributed by atoms with Gasteiger partial charge in [0.05, 0.1) is 17.9 Å². The summed E-state index contributed by atoms with van der Waals surface area (Å²) in [5.74, 6) is 8.14. The van der Waals surface area contributed by atoms with Crippen molar-refractivity contribution >= 4 is 17.2 Å². The number of hydrogen-bond donors (Lipinski definition) is 2. The number of phenols is 1. The number of benzene rings is 1. The SMILES string of the molecule is CC1CCCN(CC#Cc2cc(N3C4CCC3CN(c3cc(-c5ccccc5O)nnc3N)C4)ccn2)CC1. The van der Waals surface area contributed by atoms with Crippen molar-refractivity contribution in [2.24, 2.45) is 5.92 Å². The fourth-order valence-electron chi connectivity index (χ4n) is 6.36. The van der Waals surface area contributed by atoms with Crippen molar-refractivity contribution in [2.75, 3.05) is 48.3 Å². The largest absolute Gasteiger partial charge is 0.507 e. The van der Waals surface area contributed by atoms with Gasteiger partial charge < -0.3 is 20.6 Å². The topological polar surface area (TPSA) is 94.6 Å². The number of fused-ring (bicyclic) bond motifs is 2. The Kier molecular flexibility index (Phi) is 7.25. The highest BCUT2D eigenvalue weighted by molar-refractivity contribution is 5.74. The van der Waals surface area contributed by atoms with Gasteiger partial charge in [0.15, 0.2) is 5.82 Å². The highest BCUT2D eigenvalue weighted by Crippen LogP contribution is 2.39. The zero-order valence-corrected chi connectivity index (χ0v) is 22.6. The van der Waals surface area contributed by atoms with Gasteiger partial charge in [0, 0.05) is 42.6 Å². The van der Waals surface area contributed by atoms with Crippen LogP contribution >= 0.6 is 0 Å². The van der Waals surface area contributed by atoms with E-state index in [2.05, 4.69) is 60.8 Å². The first kappa shape index (κ1) is 25.4. The summed E-state index contributed by atoms with van der Waals surface area (Å²) in [6, 6.07) is 14.1. The summed E-state index contributed by atoms with van der Waals surface area (Å²) in [7, 11) is 0. The number of aromatic nitrogens is 3. The smallest absolute Gasteiger partial charge is 0.169 e. The Balaban J connectivity index is 1.16. The molecule has 0 saturated carbocycles. The van der Waals surface area contributed by atoms with Crippen LogP contribution in [0.2, 0.25) is 0 Å². The van der Waals surface area contributed by atoms with Gasteiger partial charge in [0.1, 0.15) is 11.4 Å². The number of likely N-dealkylation sites (tertiary alicyclic amines) is 1. The van der Waals surface area contributed by atoms with Gasteiger partial charge in [-0.15, -0.1) is 10.2 Å². The molecule has 0 radical (unpaired) electrons. The van der Waals surface area contributed by atoms with E-state index in [1.165, 1.54) is 24.9 Å². The number of nitrogens with zero attached hydrogens (tertiary/aromatic N) is 6. The lowest BCUT2D eigenvalue weighted by molar-refractivity contribution is 0.316. The average molecular weight is 524 g/mol. The maximum absolute atomic E-state index is 10.3. The number of phenolic OH excluding ortho intramolecular Hbond substituents is 1. The fourth-order valence-corrected chi connectivity index (χ4v) is 6.36. The fraction of sp³-hybridized carbons (Fsp3) is 0.452. The van der Waals surface area contributed by atoms with Crippen LogP contribution in [0, 0.1) is 17.8 Å². The second-order valence-corrected chi connectivity index (χ2v) is 11.2. The molecule has 3 fully saturated rings. The molecule has 2 bridgehead atoms. The van der Waals surface area contributed by atoms with E-state index in [9.17, 15) is 5.11 Å². The third kappa shape index (κ3) is 5.50. The van der Waals surface area contributed by atoms with Gasteiger partial charge >= 0.3 is 0 Å². The van der Waals surface area contributed by atoms with Crippen molar-refractivity contribution in [2.45, 2.75) is 51.1 Å². The molecule has 3 atom stereocenters. The Labute approximate surface area is 230 Å². The van der Waals surface area contributed by atoms with Gasteiger partial charge in [-0.2, -0.15) is 0 Å². The summed E-state index contributed by atoms with van der Waals surface area (Å²) >= 11 is 0. The minimum atomic E-state index is 0.185. The first-order chi connectivity index (χ1) is 19.0. The van der Waals surface area contributed by atoms with E-state index in [-0.39, 0.29) is 5.75 Å². The predicted octanol–water partition coefficient (Wildman–Crippen LogP) is 4.16. The van der Waals surface area contributed by atoms with E-state index >= 15 is 0 Å². The zero-order chi connectivity index (χ0) is 26.8. The van der Waals surface area contributed by atoms with Crippen LogP contribution < -0.4 is 15.5 Å². The molecule has 0 aliphatic carbocycles. The second-order valence-electron chi connectivity index (χ2n) is 11.2. The summed E-state index contributed by atoms with van der Waals surface area (Å²) in [5.41, 5.74) is 10.5. The van der Waals surface area contributed by atoms with E-state index in [4.69, 9.17) is 5.73 Å². The third-order valence-electron chi connectivity index (χ3n) is 8.47. The number of nitrogens with two attached hydrogens (primary N) is 1. The summed E-state index contributed by atoms with van der Waals surface area (Å²) < 4.78 is 0. The molecule has 3 aliphatic heterocycles. The number of aromatic hydroxyl groups is 1. The van der Waals surface area contributed by atoms with Crippen molar-refractivity contribution in [1.29, 1.82) is 0 Å². The Morgan fingerprint density at radius 2 is 1.82 bits per heavy atom.